The van der Waals surface area contributed by atoms with Crippen molar-refractivity contribution in [3.05, 3.63) is 83.9 Å². The Morgan fingerprint density at radius 3 is 2.24 bits per heavy atom. The predicted molar refractivity (Wildman–Crippen MR) is 137 cm³/mol. The van der Waals surface area contributed by atoms with Crippen molar-refractivity contribution in [2.75, 3.05) is 25.2 Å². The number of anilines is 1. The molecule has 2 saturated heterocycles. The largest absolute Gasteiger partial charge is 0.492 e. The number of nitrogens with zero attached hydrogens (tertiary/aromatic N) is 2. The van der Waals surface area contributed by atoms with Crippen LogP contribution in [0, 0.1) is 5.92 Å². The van der Waals surface area contributed by atoms with Gasteiger partial charge in [-0.15, -0.1) is 0 Å². The summed E-state index contributed by atoms with van der Waals surface area (Å²) >= 11 is 0. The highest BCUT2D eigenvalue weighted by Crippen LogP contribution is 2.47. The summed E-state index contributed by atoms with van der Waals surface area (Å²) in [5, 5.41) is 1.59. The molecule has 2 aliphatic heterocycles. The molecule has 8 heteroatoms. The summed E-state index contributed by atoms with van der Waals surface area (Å²) in [7, 11) is 1.74. The van der Waals surface area contributed by atoms with Crippen LogP contribution in [0.3, 0.4) is 0 Å². The first-order valence-corrected chi connectivity index (χ1v) is 12.5. The first kappa shape index (κ1) is 24.8. The van der Waals surface area contributed by atoms with Gasteiger partial charge in [0.25, 0.3) is 5.91 Å². The second-order valence-electron chi connectivity index (χ2n) is 8.87. The highest BCUT2D eigenvalue weighted by Gasteiger charge is 2.59. The molecular formula is C29H30N2O6. The van der Waals surface area contributed by atoms with Crippen molar-refractivity contribution in [2.45, 2.75) is 32.6 Å². The predicted octanol–water partition coefficient (Wildman–Crippen LogP) is 4.54. The molecule has 0 saturated carbocycles. The van der Waals surface area contributed by atoms with Crippen molar-refractivity contribution in [1.82, 2.24) is 5.06 Å². The highest BCUT2D eigenvalue weighted by molar-refractivity contribution is 6.24. The molecule has 0 aromatic heterocycles. The molecule has 8 nitrogen and oxygen atoms in total. The first-order chi connectivity index (χ1) is 18.0. The van der Waals surface area contributed by atoms with Gasteiger partial charge in [-0.3, -0.25) is 14.4 Å². The molecule has 0 unspecified atom stereocenters. The number of fused-ring (bicyclic) bond motifs is 1. The van der Waals surface area contributed by atoms with Crippen LogP contribution in [0.1, 0.15) is 31.0 Å². The van der Waals surface area contributed by atoms with Crippen LogP contribution in [0.25, 0.3) is 0 Å². The summed E-state index contributed by atoms with van der Waals surface area (Å²) in [5.41, 5.74) is 2.27. The van der Waals surface area contributed by atoms with Gasteiger partial charge in [0.1, 0.15) is 12.4 Å². The average molecular weight is 503 g/mol. The maximum atomic E-state index is 13.7. The van der Waals surface area contributed by atoms with Crippen LogP contribution in [0.5, 0.6) is 17.2 Å². The third kappa shape index (κ3) is 4.65. The lowest BCUT2D eigenvalue weighted by Gasteiger charge is -2.25. The molecule has 0 N–H and O–H groups in total. The number of carbonyl (C=O) groups is 2. The van der Waals surface area contributed by atoms with Gasteiger partial charge in [-0.05, 0) is 49.2 Å². The third-order valence-electron chi connectivity index (χ3n) is 6.56. The molecule has 3 atom stereocenters. The van der Waals surface area contributed by atoms with E-state index in [0.717, 1.165) is 11.1 Å². The van der Waals surface area contributed by atoms with E-state index in [-0.39, 0.29) is 5.91 Å². The van der Waals surface area contributed by atoms with Gasteiger partial charge in [0, 0.05) is 7.05 Å². The van der Waals surface area contributed by atoms with Gasteiger partial charge in [0.05, 0.1) is 30.9 Å². The molecule has 5 rings (SSSR count). The minimum atomic E-state index is -0.915. The number of benzene rings is 3. The molecule has 0 spiro atoms. The van der Waals surface area contributed by atoms with E-state index in [1.807, 2.05) is 68.4 Å². The Hall–Kier alpha value is -3.88. The van der Waals surface area contributed by atoms with Crippen LogP contribution in [0.4, 0.5) is 5.69 Å². The fourth-order valence-electron chi connectivity index (χ4n) is 4.96. The van der Waals surface area contributed by atoms with Crippen LogP contribution in [-0.4, -0.2) is 43.2 Å². The fourth-order valence-corrected chi connectivity index (χ4v) is 4.96. The molecular weight excluding hydrogens is 472 g/mol. The molecule has 0 radical (unpaired) electrons. The third-order valence-corrected chi connectivity index (χ3v) is 6.56. The van der Waals surface area contributed by atoms with Crippen LogP contribution < -0.4 is 19.1 Å². The molecule has 2 amide bonds. The maximum Gasteiger partial charge on any atom is 0.266 e. The summed E-state index contributed by atoms with van der Waals surface area (Å²) in [5.74, 6) is 0.229. The molecule has 2 fully saturated rings. The van der Waals surface area contributed by atoms with E-state index >= 15 is 0 Å². The van der Waals surface area contributed by atoms with Gasteiger partial charge in [-0.2, -0.15) is 5.06 Å². The lowest BCUT2D eigenvalue weighted by atomic mass is 9.91. The van der Waals surface area contributed by atoms with E-state index in [9.17, 15) is 9.59 Å². The second kappa shape index (κ2) is 10.6. The van der Waals surface area contributed by atoms with E-state index in [0.29, 0.717) is 42.8 Å². The number of amides is 2. The number of hydroxylamine groups is 2. The number of ether oxygens (including phenoxy) is 3. The number of imide groups is 1. The quantitative estimate of drug-likeness (QED) is 0.398. The van der Waals surface area contributed by atoms with Crippen LogP contribution in [0.15, 0.2) is 72.8 Å². The second-order valence-corrected chi connectivity index (χ2v) is 8.87. The maximum absolute atomic E-state index is 13.7. The Morgan fingerprint density at radius 1 is 0.784 bits per heavy atom. The van der Waals surface area contributed by atoms with Gasteiger partial charge in [-0.1, -0.05) is 48.5 Å². The van der Waals surface area contributed by atoms with Crippen molar-refractivity contribution < 1.29 is 28.6 Å². The number of para-hydroxylation sites is 2. The topological polar surface area (TPSA) is 77.5 Å². The Morgan fingerprint density at radius 2 is 1.49 bits per heavy atom. The average Bonchev–Trinajstić information content (AvgIpc) is 3.37. The van der Waals surface area contributed by atoms with Crippen molar-refractivity contribution in [3.63, 3.8) is 0 Å². The smallest absolute Gasteiger partial charge is 0.266 e. The van der Waals surface area contributed by atoms with Crippen molar-refractivity contribution in [3.8, 4) is 17.2 Å². The summed E-state index contributed by atoms with van der Waals surface area (Å²) in [4.78, 5) is 34.2. The van der Waals surface area contributed by atoms with E-state index in [4.69, 9.17) is 19.0 Å². The van der Waals surface area contributed by atoms with E-state index in [1.54, 1.807) is 30.3 Å². The molecule has 192 valence electrons. The van der Waals surface area contributed by atoms with Gasteiger partial charge < -0.3 is 14.2 Å². The van der Waals surface area contributed by atoms with Crippen LogP contribution in [0.2, 0.25) is 0 Å². The normalized spacial score (nSPS) is 21.3. The van der Waals surface area contributed by atoms with Crippen molar-refractivity contribution in [1.29, 1.82) is 0 Å². The molecule has 2 aliphatic rings. The zero-order valence-electron chi connectivity index (χ0n) is 21.1. The summed E-state index contributed by atoms with van der Waals surface area (Å²) in [6.45, 7) is 5.03. The van der Waals surface area contributed by atoms with Gasteiger partial charge in [0.15, 0.2) is 17.6 Å². The monoisotopic (exact) mass is 502 g/mol. The molecule has 2 heterocycles. The van der Waals surface area contributed by atoms with E-state index in [2.05, 4.69) is 0 Å². The number of hydrogen-bond acceptors (Lipinski definition) is 7. The SMILES string of the molecule is CCOc1cc([C@H]2[C@@H]3C(=O)N(c4ccccc4OCC)C(=O)[C@H]3ON2C)ccc1OCc1ccccc1. The lowest BCUT2D eigenvalue weighted by Crippen LogP contribution is -2.36. The Labute approximate surface area is 216 Å². The summed E-state index contributed by atoms with van der Waals surface area (Å²) < 4.78 is 17.6. The van der Waals surface area contributed by atoms with Crippen LogP contribution >= 0.6 is 0 Å². The Bertz CT molecular complexity index is 1280. The molecule has 37 heavy (non-hydrogen) atoms. The van der Waals surface area contributed by atoms with Gasteiger partial charge in [0.2, 0.25) is 5.91 Å². The zero-order chi connectivity index (χ0) is 25.9. The first-order valence-electron chi connectivity index (χ1n) is 12.5. The minimum Gasteiger partial charge on any atom is -0.492 e. The van der Waals surface area contributed by atoms with E-state index in [1.165, 1.54) is 4.90 Å². The van der Waals surface area contributed by atoms with Crippen LogP contribution in [-0.2, 0) is 21.0 Å². The minimum absolute atomic E-state index is 0.320. The van der Waals surface area contributed by atoms with Crippen molar-refractivity contribution >= 4 is 17.5 Å². The number of rotatable bonds is 9. The summed E-state index contributed by atoms with van der Waals surface area (Å²) in [6.07, 6.45) is -0.915. The molecule has 0 bridgehead atoms. The van der Waals surface area contributed by atoms with Crippen molar-refractivity contribution in [2.24, 2.45) is 5.92 Å². The highest BCUT2D eigenvalue weighted by atomic mass is 16.7. The van der Waals surface area contributed by atoms with Gasteiger partial charge >= 0.3 is 0 Å². The molecule has 3 aromatic rings. The number of hydrogen-bond donors (Lipinski definition) is 0. The zero-order valence-corrected chi connectivity index (χ0v) is 21.1. The molecule has 0 aliphatic carbocycles. The Kier molecular flexibility index (Phi) is 7.12. The lowest BCUT2D eigenvalue weighted by molar-refractivity contribution is -0.160. The number of carbonyl (C=O) groups excluding carboxylic acids is 2. The standard InChI is InChI=1S/C29H30N2O6/c1-4-34-22-14-10-9-13-21(22)31-28(32)25-26(30(3)37-27(25)29(31)33)20-15-16-23(24(17-20)35-5-2)36-18-19-11-7-6-8-12-19/h6-17,25-27H,4-5,18H2,1-3H3/t25-,26-,27-/m0/s1. The fraction of sp³-hybridized carbons (Fsp3) is 0.310. The van der Waals surface area contributed by atoms with Gasteiger partial charge in [-0.25, -0.2) is 4.90 Å². The molecule has 3 aromatic carbocycles. The van der Waals surface area contributed by atoms with E-state index < -0.39 is 24.0 Å². The Balaban J connectivity index is 1.43. The summed E-state index contributed by atoms with van der Waals surface area (Å²) in [6, 6.07) is 22.1.